The largest absolute Gasteiger partial charge is 0.384 e. The zero-order chi connectivity index (χ0) is 10.9. The van der Waals surface area contributed by atoms with Crippen LogP contribution in [0.15, 0.2) is 6.07 Å². The molecule has 1 aromatic heterocycles. The standard InChI is InChI=1S/C11H20N2O/c1-8-7-9(2)13(4)10(8)11(3,14)5-6-12/h7,14H,5-6,12H2,1-4H3. The van der Waals surface area contributed by atoms with Gasteiger partial charge in [-0.05, 0) is 45.4 Å². The van der Waals surface area contributed by atoms with E-state index < -0.39 is 5.60 Å². The quantitative estimate of drug-likeness (QED) is 0.763. The lowest BCUT2D eigenvalue weighted by Crippen LogP contribution is -2.28. The molecule has 0 aromatic carbocycles. The second-order valence-corrected chi connectivity index (χ2v) is 4.19. The van der Waals surface area contributed by atoms with Gasteiger partial charge in [0.05, 0.1) is 5.69 Å². The third-order valence-electron chi connectivity index (χ3n) is 2.80. The fourth-order valence-corrected chi connectivity index (χ4v) is 2.10. The minimum atomic E-state index is -0.818. The van der Waals surface area contributed by atoms with Gasteiger partial charge in [-0.25, -0.2) is 0 Å². The van der Waals surface area contributed by atoms with E-state index in [2.05, 4.69) is 6.07 Å². The molecule has 0 bridgehead atoms. The van der Waals surface area contributed by atoms with Crippen LogP contribution in [-0.2, 0) is 12.6 Å². The lowest BCUT2D eigenvalue weighted by molar-refractivity contribution is 0.0422. The number of hydrogen-bond donors (Lipinski definition) is 2. The highest BCUT2D eigenvalue weighted by molar-refractivity contribution is 5.30. The average molecular weight is 196 g/mol. The van der Waals surface area contributed by atoms with Gasteiger partial charge in [-0.1, -0.05) is 0 Å². The summed E-state index contributed by atoms with van der Waals surface area (Å²) in [6.07, 6.45) is 0.588. The topological polar surface area (TPSA) is 51.2 Å². The Kier molecular flexibility index (Phi) is 3.02. The highest BCUT2D eigenvalue weighted by Crippen LogP contribution is 2.28. The molecule has 3 nitrogen and oxygen atoms in total. The molecule has 14 heavy (non-hydrogen) atoms. The number of aryl methyl sites for hydroxylation is 2. The molecule has 0 saturated heterocycles. The van der Waals surface area contributed by atoms with Gasteiger partial charge in [0.2, 0.25) is 0 Å². The second kappa shape index (κ2) is 3.75. The minimum Gasteiger partial charge on any atom is -0.384 e. The van der Waals surface area contributed by atoms with E-state index in [1.807, 2.05) is 32.4 Å². The molecule has 0 aliphatic carbocycles. The van der Waals surface area contributed by atoms with Crippen molar-refractivity contribution in [2.75, 3.05) is 6.54 Å². The fourth-order valence-electron chi connectivity index (χ4n) is 2.10. The van der Waals surface area contributed by atoms with E-state index in [1.54, 1.807) is 0 Å². The zero-order valence-electron chi connectivity index (χ0n) is 9.46. The smallest absolute Gasteiger partial charge is 0.103 e. The molecule has 1 atom stereocenters. The summed E-state index contributed by atoms with van der Waals surface area (Å²) in [5.74, 6) is 0. The van der Waals surface area contributed by atoms with E-state index in [1.165, 1.54) is 0 Å². The van der Waals surface area contributed by atoms with Crippen molar-refractivity contribution in [1.29, 1.82) is 0 Å². The summed E-state index contributed by atoms with van der Waals surface area (Å²) in [6, 6.07) is 2.08. The number of nitrogens with two attached hydrogens (primary N) is 1. The first-order valence-corrected chi connectivity index (χ1v) is 4.96. The van der Waals surface area contributed by atoms with Crippen molar-refractivity contribution in [2.24, 2.45) is 12.8 Å². The Morgan fingerprint density at radius 3 is 2.43 bits per heavy atom. The van der Waals surface area contributed by atoms with Crippen LogP contribution in [0.5, 0.6) is 0 Å². The Morgan fingerprint density at radius 2 is 2.07 bits per heavy atom. The average Bonchev–Trinajstić information content (AvgIpc) is 2.26. The van der Waals surface area contributed by atoms with Crippen LogP contribution in [0.2, 0.25) is 0 Å². The summed E-state index contributed by atoms with van der Waals surface area (Å²) in [7, 11) is 1.97. The second-order valence-electron chi connectivity index (χ2n) is 4.19. The van der Waals surface area contributed by atoms with Gasteiger partial charge in [0, 0.05) is 12.7 Å². The summed E-state index contributed by atoms with van der Waals surface area (Å²) >= 11 is 0. The highest BCUT2D eigenvalue weighted by atomic mass is 16.3. The monoisotopic (exact) mass is 196 g/mol. The van der Waals surface area contributed by atoms with Crippen molar-refractivity contribution >= 4 is 0 Å². The molecule has 0 spiro atoms. The zero-order valence-corrected chi connectivity index (χ0v) is 9.46. The van der Waals surface area contributed by atoms with Crippen LogP contribution in [0.1, 0.15) is 30.3 Å². The lowest BCUT2D eigenvalue weighted by atomic mass is 9.95. The van der Waals surface area contributed by atoms with Crippen LogP contribution in [0.3, 0.4) is 0 Å². The molecule has 80 valence electrons. The third-order valence-corrected chi connectivity index (χ3v) is 2.80. The van der Waals surface area contributed by atoms with E-state index in [9.17, 15) is 5.11 Å². The third kappa shape index (κ3) is 1.83. The molecule has 3 heteroatoms. The molecule has 0 radical (unpaired) electrons. The molecule has 1 unspecified atom stereocenters. The minimum absolute atomic E-state index is 0.497. The van der Waals surface area contributed by atoms with E-state index >= 15 is 0 Å². The molecular weight excluding hydrogens is 176 g/mol. The molecule has 0 aliphatic rings. The highest BCUT2D eigenvalue weighted by Gasteiger charge is 2.27. The molecule has 0 amide bonds. The van der Waals surface area contributed by atoms with Gasteiger partial charge < -0.3 is 15.4 Å². The van der Waals surface area contributed by atoms with Gasteiger partial charge in [0.15, 0.2) is 0 Å². The van der Waals surface area contributed by atoms with Gasteiger partial charge >= 0.3 is 0 Å². The Morgan fingerprint density at radius 1 is 1.50 bits per heavy atom. The van der Waals surface area contributed by atoms with Gasteiger partial charge in [0.1, 0.15) is 5.60 Å². The summed E-state index contributed by atoms with van der Waals surface area (Å²) in [5, 5.41) is 10.3. The first kappa shape index (κ1) is 11.3. The Bertz CT molecular complexity index is 326. The van der Waals surface area contributed by atoms with Crippen molar-refractivity contribution < 1.29 is 5.11 Å². The van der Waals surface area contributed by atoms with Crippen molar-refractivity contribution in [3.05, 3.63) is 23.0 Å². The number of aromatic nitrogens is 1. The normalized spacial score (nSPS) is 15.6. The molecule has 0 saturated carbocycles. The predicted octanol–water partition coefficient (Wildman–Crippen LogP) is 1.20. The molecule has 1 rings (SSSR count). The van der Waals surface area contributed by atoms with Crippen molar-refractivity contribution in [1.82, 2.24) is 4.57 Å². The Labute approximate surface area is 85.5 Å². The maximum atomic E-state index is 10.3. The van der Waals surface area contributed by atoms with Gasteiger partial charge in [-0.15, -0.1) is 0 Å². The first-order chi connectivity index (χ1) is 6.40. The molecular formula is C11H20N2O. The van der Waals surface area contributed by atoms with Crippen LogP contribution in [0, 0.1) is 13.8 Å². The van der Waals surface area contributed by atoms with Crippen LogP contribution in [-0.4, -0.2) is 16.2 Å². The van der Waals surface area contributed by atoms with Gasteiger partial charge in [-0.3, -0.25) is 0 Å². The number of aliphatic hydroxyl groups is 1. The summed E-state index contributed by atoms with van der Waals surface area (Å²) in [5.41, 5.74) is 7.93. The van der Waals surface area contributed by atoms with Gasteiger partial charge in [-0.2, -0.15) is 0 Å². The SMILES string of the molecule is Cc1cc(C)n(C)c1C(C)(O)CCN. The Balaban J connectivity index is 3.17. The Hall–Kier alpha value is -0.800. The van der Waals surface area contributed by atoms with Crippen LogP contribution >= 0.6 is 0 Å². The van der Waals surface area contributed by atoms with E-state index in [0.29, 0.717) is 13.0 Å². The van der Waals surface area contributed by atoms with E-state index in [4.69, 9.17) is 5.73 Å². The van der Waals surface area contributed by atoms with E-state index in [-0.39, 0.29) is 0 Å². The number of rotatable bonds is 3. The predicted molar refractivity (Wildman–Crippen MR) is 58.1 cm³/mol. The summed E-state index contributed by atoms with van der Waals surface area (Å²) in [6.45, 7) is 6.38. The van der Waals surface area contributed by atoms with Gasteiger partial charge in [0.25, 0.3) is 0 Å². The first-order valence-electron chi connectivity index (χ1n) is 4.96. The van der Waals surface area contributed by atoms with Crippen molar-refractivity contribution in [2.45, 2.75) is 32.8 Å². The van der Waals surface area contributed by atoms with Crippen molar-refractivity contribution in [3.8, 4) is 0 Å². The fraction of sp³-hybridized carbons (Fsp3) is 0.636. The maximum absolute atomic E-state index is 10.3. The maximum Gasteiger partial charge on any atom is 0.103 e. The number of nitrogens with zero attached hydrogens (tertiary/aromatic N) is 1. The molecule has 3 N–H and O–H groups in total. The molecule has 1 aromatic rings. The molecule has 0 fully saturated rings. The van der Waals surface area contributed by atoms with Crippen LogP contribution in [0.25, 0.3) is 0 Å². The van der Waals surface area contributed by atoms with Crippen LogP contribution < -0.4 is 5.73 Å². The summed E-state index contributed by atoms with van der Waals surface area (Å²) < 4.78 is 2.03. The number of hydrogen-bond acceptors (Lipinski definition) is 2. The molecule has 1 heterocycles. The van der Waals surface area contributed by atoms with Crippen molar-refractivity contribution in [3.63, 3.8) is 0 Å². The van der Waals surface area contributed by atoms with Crippen LogP contribution in [0.4, 0.5) is 0 Å². The summed E-state index contributed by atoms with van der Waals surface area (Å²) in [4.78, 5) is 0. The molecule has 0 aliphatic heterocycles. The van der Waals surface area contributed by atoms with E-state index in [0.717, 1.165) is 17.0 Å². The lowest BCUT2D eigenvalue weighted by Gasteiger charge is -2.25.